The molecule has 0 atom stereocenters. The van der Waals surface area contributed by atoms with E-state index in [-0.39, 0.29) is 0 Å². The Bertz CT molecular complexity index is 130. The lowest BCUT2D eigenvalue weighted by Crippen LogP contribution is -2.54. The van der Waals surface area contributed by atoms with Crippen molar-refractivity contribution in [1.82, 2.24) is 10.2 Å². The van der Waals surface area contributed by atoms with Crippen LogP contribution < -0.4 is 5.32 Å². The van der Waals surface area contributed by atoms with Gasteiger partial charge >= 0.3 is 0 Å². The molecule has 1 fully saturated rings. The summed E-state index contributed by atoms with van der Waals surface area (Å²) in [5, 5.41) is 3.38. The first-order chi connectivity index (χ1) is 5.67. The second-order valence-electron chi connectivity index (χ2n) is 3.98. The predicted molar refractivity (Wildman–Crippen MR) is 56.9 cm³/mol. The van der Waals surface area contributed by atoms with Gasteiger partial charge in [-0.1, -0.05) is 0 Å². The average Bonchev–Trinajstić information content (AvgIpc) is 2.06. The summed E-state index contributed by atoms with van der Waals surface area (Å²) in [6, 6.07) is 0. The van der Waals surface area contributed by atoms with E-state index in [1.807, 2.05) is 11.8 Å². The number of piperazine rings is 1. The van der Waals surface area contributed by atoms with E-state index >= 15 is 0 Å². The van der Waals surface area contributed by atoms with E-state index in [0.717, 1.165) is 13.1 Å². The minimum absolute atomic E-state index is 0.377. The first-order valence-electron chi connectivity index (χ1n) is 4.61. The zero-order valence-electron chi connectivity index (χ0n) is 8.39. The van der Waals surface area contributed by atoms with E-state index in [1.54, 1.807) is 0 Å². The van der Waals surface area contributed by atoms with E-state index in [1.165, 1.54) is 18.8 Å². The zero-order chi connectivity index (χ0) is 9.03. The Labute approximate surface area is 80.1 Å². The zero-order valence-corrected chi connectivity index (χ0v) is 9.21. The Kier molecular flexibility index (Phi) is 3.87. The summed E-state index contributed by atoms with van der Waals surface area (Å²) in [5.74, 6) is 1.23. The van der Waals surface area contributed by atoms with E-state index in [4.69, 9.17) is 0 Å². The third-order valence-electron chi connectivity index (χ3n) is 2.47. The molecule has 0 saturated carbocycles. The van der Waals surface area contributed by atoms with Crippen LogP contribution in [0.4, 0.5) is 0 Å². The number of nitrogens with zero attached hydrogens (tertiary/aromatic N) is 1. The molecule has 0 bridgehead atoms. The van der Waals surface area contributed by atoms with E-state index in [0.29, 0.717) is 5.54 Å². The summed E-state index contributed by atoms with van der Waals surface area (Å²) < 4.78 is 0. The van der Waals surface area contributed by atoms with Crippen LogP contribution in [-0.2, 0) is 0 Å². The van der Waals surface area contributed by atoms with E-state index in [9.17, 15) is 0 Å². The Morgan fingerprint density at radius 1 is 1.33 bits per heavy atom. The molecule has 12 heavy (non-hydrogen) atoms. The molecule has 1 rings (SSSR count). The molecule has 0 aromatic carbocycles. The van der Waals surface area contributed by atoms with Crippen molar-refractivity contribution in [3.05, 3.63) is 0 Å². The standard InChI is InChI=1S/C9H20N2S/c1-9(2,8-12-3)11-6-4-10-5-7-11/h10H,4-8H2,1-3H3. The topological polar surface area (TPSA) is 15.3 Å². The molecule has 1 aliphatic rings. The van der Waals surface area contributed by atoms with Crippen LogP contribution in [0.15, 0.2) is 0 Å². The number of nitrogens with one attached hydrogen (secondary N) is 1. The van der Waals surface area contributed by atoms with Gasteiger partial charge in [0.15, 0.2) is 0 Å². The summed E-state index contributed by atoms with van der Waals surface area (Å²) in [6.45, 7) is 9.39. The van der Waals surface area contributed by atoms with Crippen molar-refractivity contribution >= 4 is 11.8 Å². The lowest BCUT2D eigenvalue weighted by atomic mass is 10.1. The molecule has 0 radical (unpaired) electrons. The van der Waals surface area contributed by atoms with Gasteiger partial charge in [-0.3, -0.25) is 4.90 Å². The summed E-state index contributed by atoms with van der Waals surface area (Å²) >= 11 is 1.94. The Balaban J connectivity index is 2.41. The van der Waals surface area contributed by atoms with E-state index < -0.39 is 0 Å². The highest BCUT2D eigenvalue weighted by atomic mass is 32.2. The van der Waals surface area contributed by atoms with Crippen molar-refractivity contribution < 1.29 is 0 Å². The van der Waals surface area contributed by atoms with Gasteiger partial charge in [0, 0.05) is 37.5 Å². The normalized spacial score (nSPS) is 21.2. The molecule has 0 aromatic rings. The summed E-state index contributed by atoms with van der Waals surface area (Å²) in [5.41, 5.74) is 0.377. The molecule has 0 unspecified atom stereocenters. The maximum atomic E-state index is 3.38. The lowest BCUT2D eigenvalue weighted by Gasteiger charge is -2.40. The Morgan fingerprint density at radius 2 is 1.92 bits per heavy atom. The maximum Gasteiger partial charge on any atom is 0.0244 e. The number of thioether (sulfide) groups is 1. The third-order valence-corrected chi connectivity index (χ3v) is 3.47. The highest BCUT2D eigenvalue weighted by Crippen LogP contribution is 2.18. The second kappa shape index (κ2) is 4.49. The van der Waals surface area contributed by atoms with Crippen molar-refractivity contribution in [2.24, 2.45) is 0 Å². The molecule has 0 amide bonds. The van der Waals surface area contributed by atoms with Gasteiger partial charge in [0.1, 0.15) is 0 Å². The van der Waals surface area contributed by atoms with Gasteiger partial charge < -0.3 is 5.32 Å². The van der Waals surface area contributed by atoms with Crippen LogP contribution in [0.1, 0.15) is 13.8 Å². The Morgan fingerprint density at radius 3 is 2.42 bits per heavy atom. The molecule has 0 spiro atoms. The van der Waals surface area contributed by atoms with Crippen LogP contribution in [0, 0.1) is 0 Å². The maximum absolute atomic E-state index is 3.38. The van der Waals surface area contributed by atoms with Gasteiger partial charge in [0.25, 0.3) is 0 Å². The van der Waals surface area contributed by atoms with Crippen LogP contribution in [-0.4, -0.2) is 48.6 Å². The molecule has 1 aliphatic heterocycles. The monoisotopic (exact) mass is 188 g/mol. The van der Waals surface area contributed by atoms with Gasteiger partial charge in [-0.05, 0) is 20.1 Å². The van der Waals surface area contributed by atoms with Crippen LogP contribution in [0.3, 0.4) is 0 Å². The lowest BCUT2D eigenvalue weighted by molar-refractivity contribution is 0.123. The van der Waals surface area contributed by atoms with Crippen LogP contribution in [0.2, 0.25) is 0 Å². The Hall–Kier alpha value is 0.270. The van der Waals surface area contributed by atoms with Gasteiger partial charge in [0.05, 0.1) is 0 Å². The van der Waals surface area contributed by atoms with Gasteiger partial charge in [-0.15, -0.1) is 0 Å². The summed E-state index contributed by atoms with van der Waals surface area (Å²) in [4.78, 5) is 2.58. The quantitative estimate of drug-likeness (QED) is 0.712. The molecule has 3 heteroatoms. The molecule has 0 aromatic heterocycles. The molecule has 0 aliphatic carbocycles. The minimum atomic E-state index is 0.377. The third kappa shape index (κ3) is 2.64. The fraction of sp³-hybridized carbons (Fsp3) is 1.00. The second-order valence-corrected chi connectivity index (χ2v) is 4.85. The molecular weight excluding hydrogens is 168 g/mol. The number of hydrogen-bond acceptors (Lipinski definition) is 3. The SMILES string of the molecule is CSCC(C)(C)N1CCNCC1. The fourth-order valence-electron chi connectivity index (χ4n) is 1.71. The molecular formula is C9H20N2S. The van der Waals surface area contributed by atoms with Crippen molar-refractivity contribution in [1.29, 1.82) is 0 Å². The van der Waals surface area contributed by atoms with Gasteiger partial charge in [-0.2, -0.15) is 11.8 Å². The first kappa shape index (κ1) is 10.4. The first-order valence-corrected chi connectivity index (χ1v) is 6.01. The minimum Gasteiger partial charge on any atom is -0.314 e. The van der Waals surface area contributed by atoms with Crippen molar-refractivity contribution in [2.45, 2.75) is 19.4 Å². The fourth-order valence-corrected chi connectivity index (χ4v) is 2.60. The largest absolute Gasteiger partial charge is 0.314 e. The molecule has 72 valence electrons. The molecule has 1 N–H and O–H groups in total. The highest BCUT2D eigenvalue weighted by Gasteiger charge is 2.26. The molecule has 2 nitrogen and oxygen atoms in total. The van der Waals surface area contributed by atoms with Crippen molar-refractivity contribution in [2.75, 3.05) is 38.2 Å². The van der Waals surface area contributed by atoms with Crippen molar-refractivity contribution in [3.63, 3.8) is 0 Å². The van der Waals surface area contributed by atoms with Crippen molar-refractivity contribution in [3.8, 4) is 0 Å². The molecule has 1 saturated heterocycles. The molecule has 1 heterocycles. The van der Waals surface area contributed by atoms with Crippen LogP contribution in [0.25, 0.3) is 0 Å². The summed E-state index contributed by atoms with van der Waals surface area (Å²) in [7, 11) is 0. The van der Waals surface area contributed by atoms with Crippen LogP contribution >= 0.6 is 11.8 Å². The number of rotatable bonds is 3. The summed E-state index contributed by atoms with van der Waals surface area (Å²) in [6.07, 6.45) is 2.18. The van der Waals surface area contributed by atoms with E-state index in [2.05, 4.69) is 30.3 Å². The number of hydrogen-bond donors (Lipinski definition) is 1. The predicted octanol–water partition coefficient (Wildman–Crippen LogP) is 1.03. The highest BCUT2D eigenvalue weighted by molar-refractivity contribution is 7.98. The average molecular weight is 188 g/mol. The smallest absolute Gasteiger partial charge is 0.0244 e. The van der Waals surface area contributed by atoms with Crippen LogP contribution in [0.5, 0.6) is 0 Å². The van der Waals surface area contributed by atoms with Gasteiger partial charge in [-0.25, -0.2) is 0 Å². The van der Waals surface area contributed by atoms with Gasteiger partial charge in [0.2, 0.25) is 0 Å².